The van der Waals surface area contributed by atoms with Crippen LogP contribution in [0.25, 0.3) is 0 Å². The zero-order valence-corrected chi connectivity index (χ0v) is 15.6. The lowest BCUT2D eigenvalue weighted by molar-refractivity contribution is -0.385. The number of rotatable bonds is 7. The normalized spacial score (nSPS) is 10.7. The molecule has 0 heterocycles. The van der Waals surface area contributed by atoms with Crippen molar-refractivity contribution in [2.75, 3.05) is 27.2 Å². The van der Waals surface area contributed by atoms with Crippen molar-refractivity contribution in [1.82, 2.24) is 4.90 Å². The third-order valence-corrected chi connectivity index (χ3v) is 3.81. The molecule has 0 aromatic heterocycles. The van der Waals surface area contributed by atoms with Crippen LogP contribution in [-0.4, -0.2) is 43.0 Å². The summed E-state index contributed by atoms with van der Waals surface area (Å²) in [5.41, 5.74) is -0.564. The summed E-state index contributed by atoms with van der Waals surface area (Å²) >= 11 is 11.9. The van der Waals surface area contributed by atoms with Crippen LogP contribution in [0.1, 0.15) is 10.4 Å². The van der Waals surface area contributed by atoms with Crippen molar-refractivity contribution in [3.05, 3.63) is 62.1 Å². The Bertz CT molecular complexity index is 827. The summed E-state index contributed by atoms with van der Waals surface area (Å²) in [7, 11) is 3.64. The molecule has 7 nitrogen and oxygen atoms in total. The van der Waals surface area contributed by atoms with Crippen LogP contribution in [0, 0.1) is 10.1 Å². The summed E-state index contributed by atoms with van der Waals surface area (Å²) in [6.07, 6.45) is 0. The van der Waals surface area contributed by atoms with Crippen molar-refractivity contribution in [3.63, 3.8) is 0 Å². The molecule has 0 atom stereocenters. The second-order valence-corrected chi connectivity index (χ2v) is 6.40. The van der Waals surface area contributed by atoms with Crippen molar-refractivity contribution in [3.8, 4) is 11.5 Å². The van der Waals surface area contributed by atoms with Crippen LogP contribution >= 0.6 is 23.2 Å². The summed E-state index contributed by atoms with van der Waals surface area (Å²) in [4.78, 5) is 24.6. The molecule has 0 fully saturated rings. The van der Waals surface area contributed by atoms with Crippen molar-refractivity contribution in [2.24, 2.45) is 0 Å². The predicted octanol–water partition coefficient (Wildman–Crippen LogP) is 4.41. The number of ether oxygens (including phenoxy) is 2. The van der Waals surface area contributed by atoms with Crippen LogP contribution in [0.15, 0.2) is 36.4 Å². The van der Waals surface area contributed by atoms with E-state index in [1.54, 1.807) is 12.1 Å². The highest BCUT2D eigenvalue weighted by Crippen LogP contribution is 2.33. The summed E-state index contributed by atoms with van der Waals surface area (Å²) in [5.74, 6) is -0.289. The fourth-order valence-electron chi connectivity index (χ4n) is 1.98. The quantitative estimate of drug-likeness (QED) is 0.390. The van der Waals surface area contributed by atoms with Gasteiger partial charge in [-0.2, -0.15) is 0 Å². The van der Waals surface area contributed by atoms with Gasteiger partial charge in [0.1, 0.15) is 23.7 Å². The van der Waals surface area contributed by atoms with Gasteiger partial charge in [-0.1, -0.05) is 23.2 Å². The summed E-state index contributed by atoms with van der Waals surface area (Å²) in [5, 5.41) is 11.9. The maximum atomic E-state index is 12.2. The first-order valence-corrected chi connectivity index (χ1v) is 8.26. The largest absolute Gasteiger partial charge is 0.461 e. The van der Waals surface area contributed by atoms with E-state index < -0.39 is 10.9 Å². The van der Waals surface area contributed by atoms with Crippen LogP contribution in [-0.2, 0) is 4.74 Å². The lowest BCUT2D eigenvalue weighted by Gasteiger charge is -2.11. The van der Waals surface area contributed by atoms with Gasteiger partial charge in [-0.05, 0) is 38.4 Å². The topological polar surface area (TPSA) is 81.9 Å². The molecule has 2 rings (SSSR count). The first kappa shape index (κ1) is 20.0. The molecular weight excluding hydrogens is 383 g/mol. The zero-order chi connectivity index (χ0) is 19.3. The van der Waals surface area contributed by atoms with E-state index in [9.17, 15) is 14.9 Å². The SMILES string of the molecule is CN(C)CCOC(=O)c1cc(Oc2ccc(Cl)cc2Cl)ccc1[N+](=O)[O-]. The highest BCUT2D eigenvalue weighted by Gasteiger charge is 2.23. The van der Waals surface area contributed by atoms with E-state index in [4.69, 9.17) is 32.7 Å². The van der Waals surface area contributed by atoms with Gasteiger partial charge in [0.25, 0.3) is 5.69 Å². The number of likely N-dealkylation sites (N-methyl/N-ethyl adjacent to an activating group) is 1. The van der Waals surface area contributed by atoms with E-state index in [1.165, 1.54) is 24.3 Å². The standard InChI is InChI=1S/C17H16Cl2N2O5/c1-20(2)7-8-25-17(22)13-10-12(4-5-15(13)21(23)24)26-16-6-3-11(18)9-14(16)19/h3-6,9-10H,7-8H2,1-2H3. The summed E-state index contributed by atoms with van der Waals surface area (Å²) in [6, 6.07) is 8.45. The molecule has 2 aromatic carbocycles. The fraction of sp³-hybridized carbons (Fsp3) is 0.235. The Labute approximate surface area is 160 Å². The van der Waals surface area contributed by atoms with Gasteiger partial charge < -0.3 is 14.4 Å². The Balaban J connectivity index is 2.26. The molecule has 0 N–H and O–H groups in total. The van der Waals surface area contributed by atoms with E-state index >= 15 is 0 Å². The van der Waals surface area contributed by atoms with Crippen molar-refractivity contribution >= 4 is 34.9 Å². The maximum Gasteiger partial charge on any atom is 0.345 e. The molecule has 0 aliphatic heterocycles. The number of halogens is 2. The number of nitrogens with zero attached hydrogens (tertiary/aromatic N) is 2. The molecular formula is C17H16Cl2N2O5. The minimum Gasteiger partial charge on any atom is -0.461 e. The minimum absolute atomic E-state index is 0.108. The molecule has 0 saturated carbocycles. The number of carbonyl (C=O) groups excluding carboxylic acids is 1. The maximum absolute atomic E-state index is 12.2. The molecule has 0 radical (unpaired) electrons. The second kappa shape index (κ2) is 8.84. The number of nitro benzene ring substituents is 1. The Kier molecular flexibility index (Phi) is 6.79. The lowest BCUT2D eigenvalue weighted by atomic mass is 10.1. The average Bonchev–Trinajstić information content (AvgIpc) is 2.56. The molecule has 0 bridgehead atoms. The van der Waals surface area contributed by atoms with Crippen LogP contribution in [0.4, 0.5) is 5.69 Å². The van der Waals surface area contributed by atoms with E-state index in [0.717, 1.165) is 0 Å². The summed E-state index contributed by atoms with van der Waals surface area (Å²) in [6.45, 7) is 0.604. The van der Waals surface area contributed by atoms with Gasteiger partial charge >= 0.3 is 5.97 Å². The number of esters is 1. The number of carbonyl (C=O) groups is 1. The number of benzene rings is 2. The molecule has 0 saturated heterocycles. The van der Waals surface area contributed by atoms with E-state index in [1.807, 2.05) is 19.0 Å². The van der Waals surface area contributed by atoms with Gasteiger partial charge in [-0.15, -0.1) is 0 Å². The van der Waals surface area contributed by atoms with Crippen LogP contribution in [0.3, 0.4) is 0 Å². The summed E-state index contributed by atoms with van der Waals surface area (Å²) < 4.78 is 10.7. The highest BCUT2D eigenvalue weighted by molar-refractivity contribution is 6.35. The van der Waals surface area contributed by atoms with Gasteiger partial charge in [-0.25, -0.2) is 4.79 Å². The van der Waals surface area contributed by atoms with Crippen LogP contribution in [0.2, 0.25) is 10.0 Å². The molecule has 26 heavy (non-hydrogen) atoms. The minimum atomic E-state index is -0.800. The molecule has 0 unspecified atom stereocenters. The third kappa shape index (κ3) is 5.32. The van der Waals surface area contributed by atoms with Gasteiger partial charge in [0.15, 0.2) is 0 Å². The van der Waals surface area contributed by atoms with Crippen LogP contribution in [0.5, 0.6) is 11.5 Å². The van der Waals surface area contributed by atoms with E-state index in [-0.39, 0.29) is 28.6 Å². The van der Waals surface area contributed by atoms with Gasteiger partial charge in [0, 0.05) is 23.7 Å². The third-order valence-electron chi connectivity index (χ3n) is 3.28. The van der Waals surface area contributed by atoms with E-state index in [2.05, 4.69) is 0 Å². The van der Waals surface area contributed by atoms with Crippen molar-refractivity contribution < 1.29 is 19.2 Å². The smallest absolute Gasteiger partial charge is 0.345 e. The first-order valence-electron chi connectivity index (χ1n) is 7.51. The van der Waals surface area contributed by atoms with Crippen molar-refractivity contribution in [2.45, 2.75) is 0 Å². The molecule has 0 aliphatic rings. The number of hydrogen-bond acceptors (Lipinski definition) is 6. The lowest BCUT2D eigenvalue weighted by Crippen LogP contribution is -2.20. The van der Waals surface area contributed by atoms with Crippen LogP contribution < -0.4 is 4.74 Å². The Morgan fingerprint density at radius 2 is 1.92 bits per heavy atom. The monoisotopic (exact) mass is 398 g/mol. The predicted molar refractivity (Wildman–Crippen MR) is 98.5 cm³/mol. The Hall–Kier alpha value is -2.35. The molecule has 138 valence electrons. The molecule has 0 aliphatic carbocycles. The Morgan fingerprint density at radius 1 is 1.19 bits per heavy atom. The van der Waals surface area contributed by atoms with Gasteiger partial charge in [0.05, 0.1) is 9.95 Å². The van der Waals surface area contributed by atoms with E-state index in [0.29, 0.717) is 17.3 Å². The number of nitro groups is 1. The first-order chi connectivity index (χ1) is 12.3. The van der Waals surface area contributed by atoms with Crippen molar-refractivity contribution in [1.29, 1.82) is 0 Å². The second-order valence-electron chi connectivity index (χ2n) is 5.55. The molecule has 9 heteroatoms. The molecule has 0 amide bonds. The number of hydrogen-bond donors (Lipinski definition) is 0. The molecule has 0 spiro atoms. The van der Waals surface area contributed by atoms with Gasteiger partial charge in [-0.3, -0.25) is 10.1 Å². The molecule has 2 aromatic rings. The fourth-order valence-corrected chi connectivity index (χ4v) is 2.43. The Morgan fingerprint density at radius 3 is 2.54 bits per heavy atom. The zero-order valence-electron chi connectivity index (χ0n) is 14.1. The highest BCUT2D eigenvalue weighted by atomic mass is 35.5. The average molecular weight is 399 g/mol. The van der Waals surface area contributed by atoms with Gasteiger partial charge in [0.2, 0.25) is 0 Å².